The number of amides is 1. The molecule has 0 aliphatic rings. The molecule has 1 rings (SSSR count). The van der Waals surface area contributed by atoms with Crippen LogP contribution in [0.5, 0.6) is 5.75 Å². The van der Waals surface area contributed by atoms with Gasteiger partial charge >= 0.3 is 5.97 Å². The van der Waals surface area contributed by atoms with E-state index in [1.807, 2.05) is 38.1 Å². The highest BCUT2D eigenvalue weighted by atomic mass is 32.2. The number of hydrogen-bond donors (Lipinski definition) is 2. The molecular formula is C16H23NO4S. The number of methoxy groups -OCH3 is 1. The lowest BCUT2D eigenvalue weighted by Crippen LogP contribution is -2.41. The summed E-state index contributed by atoms with van der Waals surface area (Å²) in [5.74, 6) is 0.403. The first-order chi connectivity index (χ1) is 10.4. The average Bonchev–Trinajstić information content (AvgIpc) is 2.46. The molecule has 0 saturated heterocycles. The van der Waals surface area contributed by atoms with Crippen LogP contribution in [0.3, 0.4) is 0 Å². The van der Waals surface area contributed by atoms with E-state index in [4.69, 9.17) is 9.84 Å². The Labute approximate surface area is 135 Å². The molecule has 1 aromatic rings. The summed E-state index contributed by atoms with van der Waals surface area (Å²) >= 11 is 1.55. The van der Waals surface area contributed by atoms with Crippen molar-refractivity contribution in [1.82, 2.24) is 5.32 Å². The van der Waals surface area contributed by atoms with Gasteiger partial charge in [-0.3, -0.25) is 4.79 Å². The molecule has 0 saturated carbocycles. The van der Waals surface area contributed by atoms with Crippen molar-refractivity contribution in [3.63, 3.8) is 0 Å². The van der Waals surface area contributed by atoms with E-state index < -0.39 is 12.0 Å². The van der Waals surface area contributed by atoms with E-state index in [0.717, 1.165) is 10.6 Å². The van der Waals surface area contributed by atoms with Crippen molar-refractivity contribution in [3.05, 3.63) is 24.3 Å². The summed E-state index contributed by atoms with van der Waals surface area (Å²) in [6.45, 7) is 3.86. The van der Waals surface area contributed by atoms with Crippen LogP contribution in [0.4, 0.5) is 0 Å². The van der Waals surface area contributed by atoms with Gasteiger partial charge in [-0.25, -0.2) is 4.79 Å². The monoisotopic (exact) mass is 325 g/mol. The van der Waals surface area contributed by atoms with Crippen LogP contribution in [0.1, 0.15) is 26.7 Å². The first-order valence-electron chi connectivity index (χ1n) is 7.21. The van der Waals surface area contributed by atoms with Crippen LogP contribution in [0.15, 0.2) is 29.2 Å². The minimum atomic E-state index is -0.982. The number of ether oxygens (including phenoxy) is 1. The van der Waals surface area contributed by atoms with E-state index >= 15 is 0 Å². The number of thioether (sulfide) groups is 1. The number of nitrogens with one attached hydrogen (secondary N) is 1. The first-order valence-corrected chi connectivity index (χ1v) is 8.20. The standard InChI is InChI=1S/C16H23NO4S/c1-11(2)10-14(16(19)20)17-15(18)8-9-22-13-6-4-12(21-3)5-7-13/h4-7,11,14H,8-10H2,1-3H3,(H,17,18)(H,19,20). The zero-order valence-electron chi connectivity index (χ0n) is 13.2. The van der Waals surface area contributed by atoms with Crippen LogP contribution in [-0.4, -0.2) is 35.9 Å². The molecule has 0 radical (unpaired) electrons. The minimum absolute atomic E-state index is 0.218. The summed E-state index contributed by atoms with van der Waals surface area (Å²) in [6, 6.07) is 6.79. The van der Waals surface area contributed by atoms with Crippen LogP contribution >= 0.6 is 11.8 Å². The Morgan fingerprint density at radius 1 is 1.27 bits per heavy atom. The molecule has 1 amide bonds. The van der Waals surface area contributed by atoms with Crippen LogP contribution in [0.2, 0.25) is 0 Å². The van der Waals surface area contributed by atoms with Gasteiger partial charge in [0, 0.05) is 17.1 Å². The highest BCUT2D eigenvalue weighted by Crippen LogP contribution is 2.21. The third kappa shape index (κ3) is 6.85. The Morgan fingerprint density at radius 3 is 2.41 bits per heavy atom. The lowest BCUT2D eigenvalue weighted by Gasteiger charge is -2.16. The molecule has 1 unspecified atom stereocenters. The van der Waals surface area contributed by atoms with Gasteiger partial charge < -0.3 is 15.2 Å². The average molecular weight is 325 g/mol. The Bertz CT molecular complexity index is 487. The predicted molar refractivity (Wildman–Crippen MR) is 87.4 cm³/mol. The second kappa shape index (κ2) is 9.35. The molecule has 122 valence electrons. The van der Waals surface area contributed by atoms with Crippen molar-refractivity contribution in [2.75, 3.05) is 12.9 Å². The summed E-state index contributed by atoms with van der Waals surface area (Å²) < 4.78 is 5.08. The van der Waals surface area contributed by atoms with Gasteiger partial charge in [-0.15, -0.1) is 11.8 Å². The quantitative estimate of drug-likeness (QED) is 0.683. The van der Waals surface area contributed by atoms with E-state index in [1.54, 1.807) is 18.9 Å². The summed E-state index contributed by atoms with van der Waals surface area (Å²) in [7, 11) is 1.61. The molecule has 0 heterocycles. The predicted octanol–water partition coefficient (Wildman–Crippen LogP) is 2.79. The maximum absolute atomic E-state index is 11.8. The molecule has 22 heavy (non-hydrogen) atoms. The van der Waals surface area contributed by atoms with Gasteiger partial charge in [0.2, 0.25) is 5.91 Å². The van der Waals surface area contributed by atoms with Crippen molar-refractivity contribution >= 4 is 23.6 Å². The summed E-state index contributed by atoms with van der Waals surface area (Å²) in [6.07, 6.45) is 0.727. The van der Waals surface area contributed by atoms with Crippen LogP contribution in [-0.2, 0) is 9.59 Å². The minimum Gasteiger partial charge on any atom is -0.497 e. The third-order valence-corrected chi connectivity index (χ3v) is 4.01. The number of benzene rings is 1. The fraction of sp³-hybridized carbons (Fsp3) is 0.500. The fourth-order valence-corrected chi connectivity index (χ4v) is 2.74. The lowest BCUT2D eigenvalue weighted by atomic mass is 10.0. The summed E-state index contributed by atoms with van der Waals surface area (Å²) in [5, 5.41) is 11.7. The molecule has 6 heteroatoms. The maximum Gasteiger partial charge on any atom is 0.326 e. The van der Waals surface area contributed by atoms with Crippen molar-refractivity contribution in [3.8, 4) is 5.75 Å². The molecular weight excluding hydrogens is 302 g/mol. The van der Waals surface area contributed by atoms with Gasteiger partial charge in [0.05, 0.1) is 7.11 Å². The second-order valence-electron chi connectivity index (χ2n) is 5.36. The van der Waals surface area contributed by atoms with Gasteiger partial charge in [0.1, 0.15) is 11.8 Å². The number of aliphatic carboxylic acids is 1. The molecule has 2 N–H and O–H groups in total. The zero-order chi connectivity index (χ0) is 16.5. The summed E-state index contributed by atoms with van der Waals surface area (Å²) in [4.78, 5) is 24.0. The Hall–Kier alpha value is -1.69. The Kier molecular flexibility index (Phi) is 7.80. The van der Waals surface area contributed by atoms with Gasteiger partial charge in [0.25, 0.3) is 0 Å². The number of hydrogen-bond acceptors (Lipinski definition) is 4. The SMILES string of the molecule is COc1ccc(SCCC(=O)NC(CC(C)C)C(=O)O)cc1. The van der Waals surface area contributed by atoms with Gasteiger partial charge in [-0.2, -0.15) is 0 Å². The second-order valence-corrected chi connectivity index (χ2v) is 6.53. The first kappa shape index (κ1) is 18.4. The number of rotatable bonds is 9. The van der Waals surface area contributed by atoms with E-state index in [2.05, 4.69) is 5.32 Å². The number of carboxylic acids is 1. The number of carbonyl (C=O) groups excluding carboxylic acids is 1. The molecule has 0 bridgehead atoms. The largest absolute Gasteiger partial charge is 0.497 e. The van der Waals surface area contributed by atoms with Crippen LogP contribution in [0, 0.1) is 5.92 Å². The van der Waals surface area contributed by atoms with Crippen molar-refractivity contribution in [1.29, 1.82) is 0 Å². The molecule has 5 nitrogen and oxygen atoms in total. The molecule has 1 aromatic carbocycles. The topological polar surface area (TPSA) is 75.6 Å². The Morgan fingerprint density at radius 2 is 1.91 bits per heavy atom. The molecule has 0 aliphatic carbocycles. The fourth-order valence-electron chi connectivity index (χ4n) is 1.89. The highest BCUT2D eigenvalue weighted by molar-refractivity contribution is 7.99. The molecule has 0 fully saturated rings. The van der Waals surface area contributed by atoms with Gasteiger partial charge in [0.15, 0.2) is 0 Å². The Balaban J connectivity index is 2.36. The van der Waals surface area contributed by atoms with Crippen molar-refractivity contribution in [2.45, 2.75) is 37.6 Å². The van der Waals surface area contributed by atoms with Gasteiger partial charge in [-0.05, 0) is 36.6 Å². The molecule has 0 aliphatic heterocycles. The summed E-state index contributed by atoms with van der Waals surface area (Å²) in [5.41, 5.74) is 0. The van der Waals surface area contributed by atoms with Gasteiger partial charge in [-0.1, -0.05) is 13.8 Å². The third-order valence-electron chi connectivity index (χ3n) is 3.00. The smallest absolute Gasteiger partial charge is 0.326 e. The normalized spacial score (nSPS) is 12.0. The van der Waals surface area contributed by atoms with E-state index in [-0.39, 0.29) is 11.8 Å². The van der Waals surface area contributed by atoms with Crippen molar-refractivity contribution < 1.29 is 19.4 Å². The van der Waals surface area contributed by atoms with E-state index in [1.165, 1.54) is 0 Å². The maximum atomic E-state index is 11.8. The highest BCUT2D eigenvalue weighted by Gasteiger charge is 2.20. The molecule has 0 aromatic heterocycles. The number of carboxylic acid groups (broad SMARTS) is 1. The van der Waals surface area contributed by atoms with E-state index in [0.29, 0.717) is 18.6 Å². The zero-order valence-corrected chi connectivity index (χ0v) is 14.0. The molecule has 1 atom stereocenters. The van der Waals surface area contributed by atoms with Crippen LogP contribution in [0.25, 0.3) is 0 Å². The van der Waals surface area contributed by atoms with E-state index in [9.17, 15) is 9.59 Å². The number of carbonyl (C=O) groups is 2. The molecule has 0 spiro atoms. The lowest BCUT2D eigenvalue weighted by molar-refractivity contribution is -0.142. The van der Waals surface area contributed by atoms with Crippen molar-refractivity contribution in [2.24, 2.45) is 5.92 Å². The van der Waals surface area contributed by atoms with Crippen LogP contribution < -0.4 is 10.1 Å².